The van der Waals surface area contributed by atoms with Crippen LogP contribution in [0.5, 0.6) is 0 Å². The lowest BCUT2D eigenvalue weighted by atomic mass is 9.98. The standard InChI is InChI=1S/C20H24N4O3S/c1-28(26,27)23-15-6-4-14(5-7-15)17-8-9-21-20-18(17)12-16(22-20)13-19(25)24-10-2-3-11-24/h4-9,16,23H,2-3,10-13H2,1H3,(H,21,22). The summed E-state index contributed by atoms with van der Waals surface area (Å²) in [6.45, 7) is 1.74. The molecule has 4 rings (SSSR count). The Kier molecular flexibility index (Phi) is 4.97. The van der Waals surface area contributed by atoms with E-state index in [0.29, 0.717) is 12.1 Å². The quantitative estimate of drug-likeness (QED) is 0.805. The van der Waals surface area contributed by atoms with Crippen molar-refractivity contribution in [3.8, 4) is 11.1 Å². The van der Waals surface area contributed by atoms with E-state index in [9.17, 15) is 13.2 Å². The van der Waals surface area contributed by atoms with Gasteiger partial charge >= 0.3 is 0 Å². The number of carbonyl (C=O) groups excluding carboxylic acids is 1. The molecule has 2 aliphatic rings. The Balaban J connectivity index is 1.50. The number of hydrogen-bond donors (Lipinski definition) is 2. The Bertz CT molecular complexity index is 983. The topological polar surface area (TPSA) is 91.4 Å². The van der Waals surface area contributed by atoms with Gasteiger partial charge in [0.25, 0.3) is 0 Å². The summed E-state index contributed by atoms with van der Waals surface area (Å²) >= 11 is 0. The third-order valence-corrected chi connectivity index (χ3v) is 5.83. The third-order valence-electron chi connectivity index (χ3n) is 5.23. The average molecular weight is 401 g/mol. The lowest BCUT2D eigenvalue weighted by Crippen LogP contribution is -2.32. The zero-order valence-corrected chi connectivity index (χ0v) is 16.6. The van der Waals surface area contributed by atoms with Crippen molar-refractivity contribution < 1.29 is 13.2 Å². The van der Waals surface area contributed by atoms with Crippen molar-refractivity contribution in [2.75, 3.05) is 29.4 Å². The summed E-state index contributed by atoms with van der Waals surface area (Å²) in [6.07, 6.45) is 6.31. The first-order valence-corrected chi connectivity index (χ1v) is 11.4. The molecule has 1 unspecified atom stereocenters. The van der Waals surface area contributed by atoms with Gasteiger partial charge in [-0.25, -0.2) is 13.4 Å². The van der Waals surface area contributed by atoms with Crippen LogP contribution in [0.1, 0.15) is 24.8 Å². The Morgan fingerprint density at radius 2 is 1.93 bits per heavy atom. The highest BCUT2D eigenvalue weighted by atomic mass is 32.2. The smallest absolute Gasteiger partial charge is 0.229 e. The fraction of sp³-hybridized carbons (Fsp3) is 0.400. The van der Waals surface area contributed by atoms with E-state index in [2.05, 4.69) is 15.0 Å². The number of sulfonamides is 1. The third kappa shape index (κ3) is 4.11. The van der Waals surface area contributed by atoms with Crippen LogP contribution in [0.3, 0.4) is 0 Å². The van der Waals surface area contributed by atoms with Gasteiger partial charge in [-0.1, -0.05) is 12.1 Å². The normalized spacial score (nSPS) is 18.6. The van der Waals surface area contributed by atoms with E-state index in [1.54, 1.807) is 18.3 Å². The molecule has 1 atom stereocenters. The molecule has 2 aromatic rings. The summed E-state index contributed by atoms with van der Waals surface area (Å²) in [7, 11) is -3.30. The number of benzene rings is 1. The van der Waals surface area contributed by atoms with Crippen molar-refractivity contribution in [3.63, 3.8) is 0 Å². The molecule has 1 aromatic heterocycles. The van der Waals surface area contributed by atoms with E-state index in [-0.39, 0.29) is 11.9 Å². The van der Waals surface area contributed by atoms with Crippen molar-refractivity contribution >= 4 is 27.4 Å². The van der Waals surface area contributed by atoms with Crippen molar-refractivity contribution in [1.82, 2.24) is 9.88 Å². The maximum atomic E-state index is 12.5. The molecular weight excluding hydrogens is 376 g/mol. The first-order valence-electron chi connectivity index (χ1n) is 9.49. The van der Waals surface area contributed by atoms with E-state index in [0.717, 1.165) is 61.1 Å². The number of anilines is 2. The molecule has 2 aliphatic heterocycles. The van der Waals surface area contributed by atoms with Crippen LogP contribution in [-0.2, 0) is 21.2 Å². The van der Waals surface area contributed by atoms with E-state index in [1.807, 2.05) is 23.1 Å². The highest BCUT2D eigenvalue weighted by Crippen LogP contribution is 2.34. The van der Waals surface area contributed by atoms with E-state index in [4.69, 9.17) is 0 Å². The molecule has 1 amide bonds. The molecule has 2 N–H and O–H groups in total. The van der Waals surface area contributed by atoms with Crippen LogP contribution in [0, 0.1) is 0 Å². The Labute approximate surface area is 165 Å². The monoisotopic (exact) mass is 400 g/mol. The van der Waals surface area contributed by atoms with Crippen LogP contribution in [-0.4, -0.2) is 49.6 Å². The number of hydrogen-bond acceptors (Lipinski definition) is 5. The van der Waals surface area contributed by atoms with Gasteiger partial charge in [0.15, 0.2) is 0 Å². The Morgan fingerprint density at radius 3 is 2.61 bits per heavy atom. The van der Waals surface area contributed by atoms with Gasteiger partial charge in [-0.05, 0) is 48.6 Å². The predicted octanol–water partition coefficient (Wildman–Crippen LogP) is 2.47. The lowest BCUT2D eigenvalue weighted by molar-refractivity contribution is -0.130. The second-order valence-corrected chi connectivity index (χ2v) is 9.22. The zero-order chi connectivity index (χ0) is 19.7. The van der Waals surface area contributed by atoms with Gasteiger partial charge in [-0.3, -0.25) is 9.52 Å². The molecule has 0 aliphatic carbocycles. The predicted molar refractivity (Wildman–Crippen MR) is 110 cm³/mol. The van der Waals surface area contributed by atoms with Gasteiger partial charge in [0.05, 0.1) is 6.26 Å². The van der Waals surface area contributed by atoms with Crippen LogP contribution in [0.15, 0.2) is 36.5 Å². The second-order valence-electron chi connectivity index (χ2n) is 7.47. The number of aromatic nitrogens is 1. The highest BCUT2D eigenvalue weighted by molar-refractivity contribution is 7.92. The molecule has 8 heteroatoms. The maximum absolute atomic E-state index is 12.5. The summed E-state index contributed by atoms with van der Waals surface area (Å²) in [5, 5.41) is 3.39. The Morgan fingerprint density at radius 1 is 1.21 bits per heavy atom. The minimum atomic E-state index is -3.30. The van der Waals surface area contributed by atoms with Gasteiger partial charge in [0.1, 0.15) is 5.82 Å². The number of pyridine rings is 1. The molecule has 0 bridgehead atoms. The van der Waals surface area contributed by atoms with E-state index < -0.39 is 10.0 Å². The fourth-order valence-corrected chi connectivity index (χ4v) is 4.51. The molecule has 28 heavy (non-hydrogen) atoms. The molecule has 1 aromatic carbocycles. The maximum Gasteiger partial charge on any atom is 0.229 e. The van der Waals surface area contributed by atoms with Crippen LogP contribution < -0.4 is 10.0 Å². The molecule has 1 saturated heterocycles. The summed E-state index contributed by atoms with van der Waals surface area (Å²) in [4.78, 5) is 18.9. The SMILES string of the molecule is CS(=O)(=O)Nc1ccc(-c2ccnc3c2CC(CC(=O)N2CCCC2)N3)cc1. The van der Waals surface area contributed by atoms with Crippen molar-refractivity contribution in [3.05, 3.63) is 42.1 Å². The molecule has 0 spiro atoms. The summed E-state index contributed by atoms with van der Waals surface area (Å²) < 4.78 is 25.2. The minimum Gasteiger partial charge on any atom is -0.366 e. The fourth-order valence-electron chi connectivity index (χ4n) is 3.95. The minimum absolute atomic E-state index is 0.0583. The van der Waals surface area contributed by atoms with Crippen LogP contribution in [0.25, 0.3) is 11.1 Å². The van der Waals surface area contributed by atoms with Crippen molar-refractivity contribution in [1.29, 1.82) is 0 Å². The van der Waals surface area contributed by atoms with Gasteiger partial charge in [-0.15, -0.1) is 0 Å². The van der Waals surface area contributed by atoms with Crippen LogP contribution in [0.2, 0.25) is 0 Å². The first kappa shape index (κ1) is 18.7. The molecule has 0 radical (unpaired) electrons. The van der Waals surface area contributed by atoms with Crippen LogP contribution in [0.4, 0.5) is 11.5 Å². The van der Waals surface area contributed by atoms with Gasteiger partial charge in [-0.2, -0.15) is 0 Å². The van der Waals surface area contributed by atoms with E-state index >= 15 is 0 Å². The molecule has 148 valence electrons. The number of nitrogens with zero attached hydrogens (tertiary/aromatic N) is 2. The van der Waals surface area contributed by atoms with Gasteiger partial charge in [0.2, 0.25) is 15.9 Å². The molecule has 7 nitrogen and oxygen atoms in total. The molecule has 1 fully saturated rings. The first-order chi connectivity index (χ1) is 13.4. The lowest BCUT2D eigenvalue weighted by Gasteiger charge is -2.18. The summed E-state index contributed by atoms with van der Waals surface area (Å²) in [6, 6.07) is 9.31. The number of amides is 1. The largest absolute Gasteiger partial charge is 0.366 e. The second kappa shape index (κ2) is 7.43. The molecular formula is C20H24N4O3S. The number of likely N-dealkylation sites (tertiary alicyclic amines) is 1. The number of carbonyl (C=O) groups is 1. The summed E-state index contributed by atoms with van der Waals surface area (Å²) in [5.74, 6) is 1.04. The molecule has 0 saturated carbocycles. The summed E-state index contributed by atoms with van der Waals surface area (Å²) in [5.41, 5.74) is 3.68. The van der Waals surface area contributed by atoms with Gasteiger partial charge < -0.3 is 10.2 Å². The van der Waals surface area contributed by atoms with Crippen molar-refractivity contribution in [2.45, 2.75) is 31.7 Å². The van der Waals surface area contributed by atoms with E-state index in [1.165, 1.54) is 0 Å². The van der Waals surface area contributed by atoms with Crippen LogP contribution >= 0.6 is 0 Å². The number of rotatable bonds is 5. The number of fused-ring (bicyclic) bond motifs is 1. The van der Waals surface area contributed by atoms with Crippen molar-refractivity contribution in [2.24, 2.45) is 0 Å². The number of nitrogens with one attached hydrogen (secondary N) is 2. The zero-order valence-electron chi connectivity index (χ0n) is 15.8. The Hall–Kier alpha value is -2.61. The average Bonchev–Trinajstić information content (AvgIpc) is 3.30. The van der Waals surface area contributed by atoms with Gasteiger partial charge in [0, 0.05) is 43.0 Å². The highest BCUT2D eigenvalue weighted by Gasteiger charge is 2.28. The molecule has 3 heterocycles.